The van der Waals surface area contributed by atoms with Crippen LogP contribution < -0.4 is 0 Å². The van der Waals surface area contributed by atoms with Gasteiger partial charge < -0.3 is 8.83 Å². The lowest BCUT2D eigenvalue weighted by atomic mass is 9.86. The quantitative estimate of drug-likeness (QED) is 0.193. The molecule has 0 unspecified atom stereocenters. The van der Waals surface area contributed by atoms with Gasteiger partial charge in [-0.05, 0) is 85.3 Å². The predicted molar refractivity (Wildman–Crippen MR) is 192 cm³/mol. The first-order valence-electron chi connectivity index (χ1n) is 15.7. The van der Waals surface area contributed by atoms with Crippen molar-refractivity contribution >= 4 is 65.4 Å². The number of fused-ring (bicyclic) bond motifs is 9. The topological polar surface area (TPSA) is 26.3 Å². The summed E-state index contributed by atoms with van der Waals surface area (Å²) in [6.07, 6.45) is 0. The summed E-state index contributed by atoms with van der Waals surface area (Å²) in [6, 6.07) is 56.2. The van der Waals surface area contributed by atoms with E-state index in [1.54, 1.807) is 0 Å². The summed E-state index contributed by atoms with van der Waals surface area (Å²) in [6.45, 7) is 0. The normalized spacial score (nSPS) is 11.9. The number of para-hydroxylation sites is 1. The van der Waals surface area contributed by atoms with Gasteiger partial charge in [-0.1, -0.05) is 127 Å². The van der Waals surface area contributed by atoms with E-state index in [1.807, 2.05) is 24.3 Å². The molecule has 2 nitrogen and oxygen atoms in total. The largest absolute Gasteiger partial charge is 0.456 e. The van der Waals surface area contributed by atoms with Crippen LogP contribution in [0.2, 0.25) is 0 Å². The highest BCUT2D eigenvalue weighted by atomic mass is 16.3. The molecular formula is C44H26O2. The van der Waals surface area contributed by atoms with E-state index in [2.05, 4.69) is 133 Å². The van der Waals surface area contributed by atoms with E-state index in [0.29, 0.717) is 0 Å². The maximum absolute atomic E-state index is 6.33. The first kappa shape index (κ1) is 25.2. The minimum atomic E-state index is 0.874. The summed E-state index contributed by atoms with van der Waals surface area (Å²) in [5, 5.41) is 9.47. The van der Waals surface area contributed by atoms with Crippen LogP contribution in [-0.2, 0) is 0 Å². The van der Waals surface area contributed by atoms with Crippen molar-refractivity contribution in [3.63, 3.8) is 0 Å². The summed E-state index contributed by atoms with van der Waals surface area (Å²) in [7, 11) is 0. The van der Waals surface area contributed by atoms with Gasteiger partial charge in [0.1, 0.15) is 22.3 Å². The summed E-state index contributed by atoms with van der Waals surface area (Å²) >= 11 is 0. The molecule has 214 valence electrons. The Balaban J connectivity index is 1.15. The Morgan fingerprint density at radius 2 is 0.674 bits per heavy atom. The van der Waals surface area contributed by atoms with Crippen LogP contribution in [0.25, 0.3) is 98.8 Å². The van der Waals surface area contributed by atoms with E-state index >= 15 is 0 Å². The van der Waals surface area contributed by atoms with Gasteiger partial charge in [0.25, 0.3) is 0 Å². The molecule has 10 aromatic rings. The number of rotatable bonds is 3. The molecule has 2 heterocycles. The molecule has 0 saturated heterocycles. The van der Waals surface area contributed by atoms with E-state index in [4.69, 9.17) is 8.83 Å². The highest BCUT2D eigenvalue weighted by molar-refractivity contribution is 6.26. The number of furan rings is 2. The van der Waals surface area contributed by atoms with Crippen molar-refractivity contribution in [2.45, 2.75) is 0 Å². The molecule has 0 aliphatic heterocycles. The molecule has 46 heavy (non-hydrogen) atoms. The monoisotopic (exact) mass is 586 g/mol. The second kappa shape index (κ2) is 9.69. The fourth-order valence-corrected chi connectivity index (χ4v) is 7.45. The molecule has 10 rings (SSSR count). The van der Waals surface area contributed by atoms with Crippen LogP contribution in [0.3, 0.4) is 0 Å². The summed E-state index contributed by atoms with van der Waals surface area (Å²) in [5.74, 6) is 0. The van der Waals surface area contributed by atoms with Gasteiger partial charge in [0, 0.05) is 21.5 Å². The van der Waals surface area contributed by atoms with Crippen LogP contribution in [0, 0.1) is 0 Å². The molecule has 0 amide bonds. The third-order valence-corrected chi connectivity index (χ3v) is 9.47. The Morgan fingerprint density at radius 1 is 0.261 bits per heavy atom. The van der Waals surface area contributed by atoms with Crippen LogP contribution >= 0.6 is 0 Å². The van der Waals surface area contributed by atoms with Crippen LogP contribution in [0.1, 0.15) is 0 Å². The lowest BCUT2D eigenvalue weighted by Gasteiger charge is -2.18. The number of hydrogen-bond acceptors (Lipinski definition) is 2. The van der Waals surface area contributed by atoms with E-state index in [0.717, 1.165) is 49.4 Å². The smallest absolute Gasteiger partial charge is 0.136 e. The molecule has 0 saturated carbocycles. The molecular weight excluding hydrogens is 560 g/mol. The average molecular weight is 587 g/mol. The maximum Gasteiger partial charge on any atom is 0.136 e. The first-order chi connectivity index (χ1) is 22.8. The van der Waals surface area contributed by atoms with Gasteiger partial charge in [-0.2, -0.15) is 0 Å². The predicted octanol–water partition coefficient (Wildman–Crippen LogP) is 12.8. The van der Waals surface area contributed by atoms with E-state index < -0.39 is 0 Å². The summed E-state index contributed by atoms with van der Waals surface area (Å²) < 4.78 is 12.5. The molecule has 0 N–H and O–H groups in total. The standard InChI is InChI=1S/C44H26O2/c1-2-10-28(11-3-1)41-31-12-4-6-14-33(31)42(34-15-7-5-13-32(34)41)29-20-18-27(19-21-29)30-22-23-38-36(26-30)44-40(46-38)25-24-39-43(44)35-16-8-9-17-37(35)45-39/h1-26H. The minimum absolute atomic E-state index is 0.874. The Morgan fingerprint density at radius 3 is 1.28 bits per heavy atom. The zero-order chi connectivity index (χ0) is 30.2. The molecule has 8 aromatic carbocycles. The SMILES string of the molecule is c1ccc(-c2c3ccccc3c(-c3ccc(-c4ccc5oc6ccc7oc8ccccc8c7c6c5c4)cc3)c3ccccc23)cc1. The van der Waals surface area contributed by atoms with E-state index in [-0.39, 0.29) is 0 Å². The Hall–Kier alpha value is -6.12. The highest BCUT2D eigenvalue weighted by Gasteiger charge is 2.18. The maximum atomic E-state index is 6.33. The third kappa shape index (κ3) is 3.65. The summed E-state index contributed by atoms with van der Waals surface area (Å²) in [5.41, 5.74) is 10.8. The number of benzene rings is 8. The van der Waals surface area contributed by atoms with Gasteiger partial charge in [-0.25, -0.2) is 0 Å². The fraction of sp³-hybridized carbons (Fsp3) is 0. The van der Waals surface area contributed by atoms with E-state index in [1.165, 1.54) is 49.4 Å². The molecule has 0 aliphatic carbocycles. The molecule has 0 fully saturated rings. The van der Waals surface area contributed by atoms with Crippen molar-refractivity contribution in [1.29, 1.82) is 0 Å². The Kier molecular flexibility index (Phi) is 5.31. The highest BCUT2D eigenvalue weighted by Crippen LogP contribution is 2.44. The van der Waals surface area contributed by atoms with Crippen molar-refractivity contribution in [3.8, 4) is 33.4 Å². The van der Waals surface area contributed by atoms with Crippen molar-refractivity contribution in [3.05, 3.63) is 158 Å². The minimum Gasteiger partial charge on any atom is -0.456 e. The zero-order valence-electron chi connectivity index (χ0n) is 24.8. The van der Waals surface area contributed by atoms with E-state index in [9.17, 15) is 0 Å². The zero-order valence-corrected chi connectivity index (χ0v) is 24.8. The lowest BCUT2D eigenvalue weighted by Crippen LogP contribution is -1.90. The summed E-state index contributed by atoms with van der Waals surface area (Å²) in [4.78, 5) is 0. The fourth-order valence-electron chi connectivity index (χ4n) is 7.45. The second-order valence-electron chi connectivity index (χ2n) is 12.0. The molecule has 2 aromatic heterocycles. The van der Waals surface area contributed by atoms with Crippen LogP contribution in [0.5, 0.6) is 0 Å². The first-order valence-corrected chi connectivity index (χ1v) is 15.7. The van der Waals surface area contributed by atoms with Gasteiger partial charge in [-0.15, -0.1) is 0 Å². The van der Waals surface area contributed by atoms with Gasteiger partial charge in [0.2, 0.25) is 0 Å². The molecule has 0 spiro atoms. The van der Waals surface area contributed by atoms with Gasteiger partial charge in [0.05, 0.1) is 0 Å². The van der Waals surface area contributed by atoms with Gasteiger partial charge in [-0.3, -0.25) is 0 Å². The third-order valence-electron chi connectivity index (χ3n) is 9.47. The van der Waals surface area contributed by atoms with Gasteiger partial charge in [0.15, 0.2) is 0 Å². The van der Waals surface area contributed by atoms with Crippen molar-refractivity contribution in [2.24, 2.45) is 0 Å². The van der Waals surface area contributed by atoms with Crippen LogP contribution in [-0.4, -0.2) is 0 Å². The van der Waals surface area contributed by atoms with Gasteiger partial charge >= 0.3 is 0 Å². The van der Waals surface area contributed by atoms with Crippen LogP contribution in [0.4, 0.5) is 0 Å². The Bertz CT molecular complexity index is 2720. The Labute approximate surface area is 264 Å². The van der Waals surface area contributed by atoms with Crippen LogP contribution in [0.15, 0.2) is 167 Å². The molecule has 0 bridgehead atoms. The molecule has 0 radical (unpaired) electrons. The average Bonchev–Trinajstić information content (AvgIpc) is 3.69. The molecule has 0 aliphatic rings. The molecule has 2 heteroatoms. The van der Waals surface area contributed by atoms with Crippen molar-refractivity contribution in [1.82, 2.24) is 0 Å². The number of hydrogen-bond donors (Lipinski definition) is 0. The van der Waals surface area contributed by atoms with Crippen molar-refractivity contribution in [2.75, 3.05) is 0 Å². The molecule has 0 atom stereocenters. The second-order valence-corrected chi connectivity index (χ2v) is 12.0. The van der Waals surface area contributed by atoms with Crippen molar-refractivity contribution < 1.29 is 8.83 Å². The lowest BCUT2D eigenvalue weighted by molar-refractivity contribution is 0.663.